The minimum atomic E-state index is 0.115. The molecule has 3 N–H and O–H groups in total. The molecule has 0 heterocycles. The normalized spacial score (nSPS) is 16.7. The lowest BCUT2D eigenvalue weighted by atomic mass is 9.90. The fourth-order valence-electron chi connectivity index (χ4n) is 2.48. The number of amidine groups is 1. The molecule has 0 unspecified atom stereocenters. The van der Waals surface area contributed by atoms with Crippen LogP contribution in [0.25, 0.3) is 0 Å². The van der Waals surface area contributed by atoms with Crippen molar-refractivity contribution in [1.29, 1.82) is 5.41 Å². The van der Waals surface area contributed by atoms with Gasteiger partial charge in [-0.3, -0.25) is 5.41 Å². The Morgan fingerprint density at radius 1 is 1.17 bits per heavy atom. The van der Waals surface area contributed by atoms with Gasteiger partial charge >= 0.3 is 0 Å². The van der Waals surface area contributed by atoms with E-state index in [1.54, 1.807) is 0 Å². The van der Waals surface area contributed by atoms with E-state index < -0.39 is 0 Å². The number of nitrogens with two attached hydrogens (primary N) is 1. The molecule has 3 heteroatoms. The van der Waals surface area contributed by atoms with E-state index in [-0.39, 0.29) is 5.84 Å². The summed E-state index contributed by atoms with van der Waals surface area (Å²) in [6, 6.07) is 7.72. The molecule has 0 amide bonds. The Balaban J connectivity index is 1.74. The highest BCUT2D eigenvalue weighted by atomic mass is 16.5. The van der Waals surface area contributed by atoms with E-state index in [0.29, 0.717) is 6.61 Å². The van der Waals surface area contributed by atoms with Crippen LogP contribution in [-0.4, -0.2) is 12.4 Å². The minimum absolute atomic E-state index is 0.115. The Kier molecular flexibility index (Phi) is 4.76. The molecule has 0 atom stereocenters. The average Bonchev–Trinajstić information content (AvgIpc) is 2.40. The van der Waals surface area contributed by atoms with E-state index in [9.17, 15) is 0 Å². The van der Waals surface area contributed by atoms with Crippen molar-refractivity contribution < 1.29 is 4.74 Å². The monoisotopic (exact) mass is 246 g/mol. The minimum Gasteiger partial charge on any atom is -0.384 e. The Morgan fingerprint density at radius 2 is 1.83 bits per heavy atom. The molecule has 0 radical (unpaired) electrons. The largest absolute Gasteiger partial charge is 0.384 e. The standard InChI is InChI=1S/C15H22N2O/c16-15(17)14-8-6-13(7-9-14)11-18-10-12-4-2-1-3-5-12/h6-9,12H,1-5,10-11H2,(H3,16,17). The molecule has 1 aliphatic carbocycles. The maximum Gasteiger partial charge on any atom is 0.122 e. The third-order valence-electron chi connectivity index (χ3n) is 3.61. The molecule has 0 saturated heterocycles. The lowest BCUT2D eigenvalue weighted by molar-refractivity contribution is 0.0739. The zero-order valence-electron chi connectivity index (χ0n) is 10.8. The van der Waals surface area contributed by atoms with Crippen molar-refractivity contribution in [2.24, 2.45) is 11.7 Å². The van der Waals surface area contributed by atoms with Gasteiger partial charge in [-0.15, -0.1) is 0 Å². The molecule has 0 bridgehead atoms. The SMILES string of the molecule is N=C(N)c1ccc(COCC2CCCCC2)cc1. The molecule has 0 aliphatic heterocycles. The quantitative estimate of drug-likeness (QED) is 0.619. The highest BCUT2D eigenvalue weighted by molar-refractivity contribution is 5.94. The van der Waals surface area contributed by atoms with Crippen LogP contribution in [0.4, 0.5) is 0 Å². The molecule has 1 aromatic carbocycles. The summed E-state index contributed by atoms with van der Waals surface area (Å²) >= 11 is 0. The van der Waals surface area contributed by atoms with Crippen LogP contribution in [0.5, 0.6) is 0 Å². The zero-order valence-corrected chi connectivity index (χ0v) is 10.8. The number of rotatable bonds is 5. The number of nitrogens with one attached hydrogen (secondary N) is 1. The van der Waals surface area contributed by atoms with Crippen molar-refractivity contribution in [1.82, 2.24) is 0 Å². The van der Waals surface area contributed by atoms with Crippen molar-refractivity contribution in [2.45, 2.75) is 38.7 Å². The van der Waals surface area contributed by atoms with E-state index in [1.165, 1.54) is 32.1 Å². The van der Waals surface area contributed by atoms with Gasteiger partial charge in [0.1, 0.15) is 5.84 Å². The van der Waals surface area contributed by atoms with E-state index in [2.05, 4.69) is 0 Å². The lowest BCUT2D eigenvalue weighted by Gasteiger charge is -2.21. The highest BCUT2D eigenvalue weighted by Gasteiger charge is 2.13. The summed E-state index contributed by atoms with van der Waals surface area (Å²) in [5, 5.41) is 7.32. The van der Waals surface area contributed by atoms with Crippen molar-refractivity contribution in [3.05, 3.63) is 35.4 Å². The Bertz CT molecular complexity index is 380. The van der Waals surface area contributed by atoms with E-state index in [4.69, 9.17) is 15.9 Å². The summed E-state index contributed by atoms with van der Waals surface area (Å²) in [5.74, 6) is 0.875. The van der Waals surface area contributed by atoms with Gasteiger partial charge in [0.05, 0.1) is 6.61 Å². The highest BCUT2D eigenvalue weighted by Crippen LogP contribution is 2.23. The van der Waals surface area contributed by atoms with Gasteiger partial charge in [-0.25, -0.2) is 0 Å². The molecule has 1 saturated carbocycles. The zero-order chi connectivity index (χ0) is 12.8. The summed E-state index contributed by atoms with van der Waals surface area (Å²) in [7, 11) is 0. The molecular formula is C15H22N2O. The Labute approximate surface area is 109 Å². The molecular weight excluding hydrogens is 224 g/mol. The van der Waals surface area contributed by atoms with E-state index in [1.807, 2.05) is 24.3 Å². The Hall–Kier alpha value is -1.35. The third kappa shape index (κ3) is 3.84. The molecule has 0 aromatic heterocycles. The molecule has 1 aliphatic rings. The molecule has 1 aromatic rings. The van der Waals surface area contributed by atoms with Crippen LogP contribution in [-0.2, 0) is 11.3 Å². The van der Waals surface area contributed by atoms with Crippen molar-refractivity contribution in [3.8, 4) is 0 Å². The molecule has 0 spiro atoms. The third-order valence-corrected chi connectivity index (χ3v) is 3.61. The van der Waals surface area contributed by atoms with Crippen molar-refractivity contribution in [2.75, 3.05) is 6.61 Å². The van der Waals surface area contributed by atoms with Crippen LogP contribution in [0.1, 0.15) is 43.2 Å². The molecule has 3 nitrogen and oxygen atoms in total. The van der Waals surface area contributed by atoms with Gasteiger partial charge in [0.2, 0.25) is 0 Å². The first kappa shape index (κ1) is 13.1. The average molecular weight is 246 g/mol. The van der Waals surface area contributed by atoms with E-state index >= 15 is 0 Å². The number of nitrogen functional groups attached to an aromatic ring is 1. The first-order valence-corrected chi connectivity index (χ1v) is 6.77. The second-order valence-corrected chi connectivity index (χ2v) is 5.13. The van der Waals surface area contributed by atoms with E-state index in [0.717, 1.165) is 23.7 Å². The fraction of sp³-hybridized carbons (Fsp3) is 0.533. The van der Waals surface area contributed by atoms with Gasteiger partial charge in [-0.05, 0) is 24.3 Å². The number of hydrogen-bond acceptors (Lipinski definition) is 2. The maximum atomic E-state index is 7.32. The van der Waals surface area contributed by atoms with Gasteiger partial charge in [0.15, 0.2) is 0 Å². The summed E-state index contributed by atoms with van der Waals surface area (Å²) in [6.07, 6.45) is 6.76. The summed E-state index contributed by atoms with van der Waals surface area (Å²) < 4.78 is 5.77. The molecule has 1 fully saturated rings. The second-order valence-electron chi connectivity index (χ2n) is 5.13. The van der Waals surface area contributed by atoms with Crippen LogP contribution in [0, 0.1) is 11.3 Å². The fourth-order valence-corrected chi connectivity index (χ4v) is 2.48. The van der Waals surface area contributed by atoms with Gasteiger partial charge in [0.25, 0.3) is 0 Å². The van der Waals surface area contributed by atoms with Crippen LogP contribution < -0.4 is 5.73 Å². The van der Waals surface area contributed by atoms with Crippen LogP contribution in [0.2, 0.25) is 0 Å². The van der Waals surface area contributed by atoms with Crippen LogP contribution in [0.3, 0.4) is 0 Å². The molecule has 98 valence electrons. The van der Waals surface area contributed by atoms with Crippen molar-refractivity contribution in [3.63, 3.8) is 0 Å². The first-order valence-electron chi connectivity index (χ1n) is 6.77. The second kappa shape index (κ2) is 6.55. The summed E-state index contributed by atoms with van der Waals surface area (Å²) in [4.78, 5) is 0. The lowest BCUT2D eigenvalue weighted by Crippen LogP contribution is -2.13. The number of benzene rings is 1. The predicted octanol–water partition coefficient (Wildman–Crippen LogP) is 3.07. The molecule has 18 heavy (non-hydrogen) atoms. The van der Waals surface area contributed by atoms with Gasteiger partial charge in [-0.2, -0.15) is 0 Å². The molecule has 2 rings (SSSR count). The van der Waals surface area contributed by atoms with Gasteiger partial charge < -0.3 is 10.5 Å². The maximum absolute atomic E-state index is 7.32. The van der Waals surface area contributed by atoms with Gasteiger partial charge in [-0.1, -0.05) is 43.5 Å². The smallest absolute Gasteiger partial charge is 0.122 e. The Morgan fingerprint density at radius 3 is 2.44 bits per heavy atom. The first-order chi connectivity index (χ1) is 8.75. The topological polar surface area (TPSA) is 59.1 Å². The van der Waals surface area contributed by atoms with Crippen molar-refractivity contribution >= 4 is 5.84 Å². The van der Waals surface area contributed by atoms with Gasteiger partial charge in [0, 0.05) is 12.2 Å². The summed E-state index contributed by atoms with van der Waals surface area (Å²) in [5.41, 5.74) is 7.33. The van der Waals surface area contributed by atoms with Crippen LogP contribution >= 0.6 is 0 Å². The number of ether oxygens (including phenoxy) is 1. The number of hydrogen-bond donors (Lipinski definition) is 2. The van der Waals surface area contributed by atoms with Crippen LogP contribution in [0.15, 0.2) is 24.3 Å². The summed E-state index contributed by atoms with van der Waals surface area (Å²) in [6.45, 7) is 1.54. The predicted molar refractivity (Wildman–Crippen MR) is 73.7 cm³/mol.